The molecule has 0 spiro atoms. The Labute approximate surface area is 379 Å². The number of rotatable bonds is 5. The standard InChI is InChI=1S/C60H37N5O/c1-2-14-37(15-3-1)38-26-29-40(30-27-38)58-61-59(63-60(62-58)65-51-24-12-8-20-45(51)46-21-9-13-25-52(46)65)56-53(33-32-48-55-43(36-66-57(48)56)31-28-39-16-6-7-19-44(39)55)64-50-23-11-10-22-47(50)49-34-41-17-4-5-18-42(41)35-54(49)64/h1-35H,36H2. The van der Waals surface area contributed by atoms with Crippen LogP contribution in [-0.4, -0.2) is 24.1 Å². The van der Waals surface area contributed by atoms with Crippen molar-refractivity contribution in [3.05, 3.63) is 218 Å². The minimum absolute atomic E-state index is 0.403. The molecule has 3 aromatic heterocycles. The van der Waals surface area contributed by atoms with E-state index in [-0.39, 0.29) is 0 Å². The summed E-state index contributed by atoms with van der Waals surface area (Å²) < 4.78 is 11.6. The minimum Gasteiger partial charge on any atom is -0.487 e. The smallest absolute Gasteiger partial charge is 0.238 e. The molecule has 0 N–H and O–H groups in total. The van der Waals surface area contributed by atoms with Crippen molar-refractivity contribution >= 4 is 65.2 Å². The highest BCUT2D eigenvalue weighted by atomic mass is 16.5. The molecule has 1 aliphatic rings. The molecule has 1 aliphatic heterocycles. The number of aromatic nitrogens is 5. The van der Waals surface area contributed by atoms with Gasteiger partial charge >= 0.3 is 0 Å². The Morgan fingerprint density at radius 2 is 0.924 bits per heavy atom. The molecule has 4 heterocycles. The number of ether oxygens (including phenoxy) is 1. The molecule has 14 rings (SSSR count). The molecule has 6 heteroatoms. The molecule has 0 saturated carbocycles. The first-order valence-corrected chi connectivity index (χ1v) is 22.4. The maximum absolute atomic E-state index is 7.08. The topological polar surface area (TPSA) is 57.8 Å². The average molecular weight is 844 g/mol. The first kappa shape index (κ1) is 36.6. The van der Waals surface area contributed by atoms with Crippen molar-refractivity contribution in [1.82, 2.24) is 24.1 Å². The number of hydrogen-bond acceptors (Lipinski definition) is 4. The van der Waals surface area contributed by atoms with Gasteiger partial charge in [0.25, 0.3) is 0 Å². The highest BCUT2D eigenvalue weighted by molar-refractivity contribution is 6.14. The average Bonchev–Trinajstić information content (AvgIpc) is 3.90. The molecule has 0 fully saturated rings. The van der Waals surface area contributed by atoms with Gasteiger partial charge < -0.3 is 9.30 Å². The Morgan fingerprint density at radius 1 is 0.364 bits per heavy atom. The summed E-state index contributed by atoms with van der Waals surface area (Å²) in [5.74, 6) is 2.35. The summed E-state index contributed by atoms with van der Waals surface area (Å²) in [5, 5.41) is 9.33. The van der Waals surface area contributed by atoms with Crippen LogP contribution in [0.15, 0.2) is 212 Å². The largest absolute Gasteiger partial charge is 0.487 e. The van der Waals surface area contributed by atoms with Crippen LogP contribution in [0.4, 0.5) is 0 Å². The van der Waals surface area contributed by atoms with Gasteiger partial charge in [-0.3, -0.25) is 4.57 Å². The van der Waals surface area contributed by atoms with Crippen LogP contribution in [0.2, 0.25) is 0 Å². The highest BCUT2D eigenvalue weighted by Gasteiger charge is 2.30. The van der Waals surface area contributed by atoms with Crippen LogP contribution in [0, 0.1) is 0 Å². The Bertz CT molecular complexity index is 4060. The first-order valence-electron chi connectivity index (χ1n) is 22.4. The van der Waals surface area contributed by atoms with Gasteiger partial charge in [-0.15, -0.1) is 0 Å². The lowest BCUT2D eigenvalue weighted by atomic mass is 9.89. The molecule has 0 aliphatic carbocycles. The van der Waals surface area contributed by atoms with E-state index in [4.69, 9.17) is 19.7 Å². The van der Waals surface area contributed by atoms with Crippen molar-refractivity contribution in [3.63, 3.8) is 0 Å². The number of nitrogens with zero attached hydrogens (tertiary/aromatic N) is 5. The van der Waals surface area contributed by atoms with Crippen LogP contribution in [0.25, 0.3) is 122 Å². The fraction of sp³-hybridized carbons (Fsp3) is 0.0167. The second kappa shape index (κ2) is 14.3. The van der Waals surface area contributed by atoms with E-state index in [9.17, 15) is 0 Å². The number of hydrogen-bond donors (Lipinski definition) is 0. The van der Waals surface area contributed by atoms with Crippen molar-refractivity contribution in [2.75, 3.05) is 0 Å². The zero-order valence-electron chi connectivity index (χ0n) is 35.6. The molecule has 308 valence electrons. The van der Waals surface area contributed by atoms with Gasteiger partial charge in [0.2, 0.25) is 5.95 Å². The van der Waals surface area contributed by atoms with E-state index in [0.717, 1.165) is 77.7 Å². The van der Waals surface area contributed by atoms with Crippen LogP contribution in [0.1, 0.15) is 5.56 Å². The Kier molecular flexibility index (Phi) is 7.94. The van der Waals surface area contributed by atoms with Crippen LogP contribution >= 0.6 is 0 Å². The molecular weight excluding hydrogens is 807 g/mol. The van der Waals surface area contributed by atoms with Gasteiger partial charge in [-0.2, -0.15) is 9.97 Å². The summed E-state index contributed by atoms with van der Waals surface area (Å²) in [6.07, 6.45) is 0. The Morgan fingerprint density at radius 3 is 1.65 bits per heavy atom. The molecular formula is C60H37N5O. The fourth-order valence-electron chi connectivity index (χ4n) is 10.4. The molecule has 0 atom stereocenters. The van der Waals surface area contributed by atoms with Crippen molar-refractivity contribution < 1.29 is 4.74 Å². The second-order valence-electron chi connectivity index (χ2n) is 17.1. The molecule has 6 nitrogen and oxygen atoms in total. The second-order valence-corrected chi connectivity index (χ2v) is 17.1. The van der Waals surface area contributed by atoms with Crippen LogP contribution in [0.3, 0.4) is 0 Å². The summed E-state index contributed by atoms with van der Waals surface area (Å²) in [5.41, 5.74) is 12.4. The van der Waals surface area contributed by atoms with E-state index in [1.54, 1.807) is 0 Å². The summed E-state index contributed by atoms with van der Waals surface area (Å²) in [6.45, 7) is 0.403. The van der Waals surface area contributed by atoms with Gasteiger partial charge in [-0.25, -0.2) is 4.98 Å². The van der Waals surface area contributed by atoms with E-state index < -0.39 is 0 Å². The lowest BCUT2D eigenvalue weighted by Gasteiger charge is -2.26. The van der Waals surface area contributed by atoms with Gasteiger partial charge in [0.1, 0.15) is 12.4 Å². The van der Waals surface area contributed by atoms with E-state index in [0.29, 0.717) is 24.2 Å². The van der Waals surface area contributed by atoms with Crippen molar-refractivity contribution in [1.29, 1.82) is 0 Å². The van der Waals surface area contributed by atoms with Crippen LogP contribution < -0.4 is 4.74 Å². The third-order valence-corrected chi connectivity index (χ3v) is 13.5. The van der Waals surface area contributed by atoms with E-state index >= 15 is 0 Å². The summed E-state index contributed by atoms with van der Waals surface area (Å²) in [4.78, 5) is 16.5. The third-order valence-electron chi connectivity index (χ3n) is 13.5. The molecule has 0 bridgehead atoms. The van der Waals surface area contributed by atoms with Crippen molar-refractivity contribution in [3.8, 4) is 62.4 Å². The molecule has 66 heavy (non-hydrogen) atoms. The lowest BCUT2D eigenvalue weighted by molar-refractivity contribution is 0.303. The van der Waals surface area contributed by atoms with E-state index in [1.807, 2.05) is 6.07 Å². The van der Waals surface area contributed by atoms with Crippen LogP contribution in [0.5, 0.6) is 5.75 Å². The van der Waals surface area contributed by atoms with Gasteiger partial charge in [0.15, 0.2) is 11.6 Å². The summed E-state index contributed by atoms with van der Waals surface area (Å²) in [7, 11) is 0. The molecule has 0 saturated heterocycles. The number of para-hydroxylation sites is 3. The maximum atomic E-state index is 7.08. The molecule has 10 aromatic carbocycles. The summed E-state index contributed by atoms with van der Waals surface area (Å²) in [6, 6.07) is 75.4. The van der Waals surface area contributed by atoms with Crippen molar-refractivity contribution in [2.24, 2.45) is 0 Å². The van der Waals surface area contributed by atoms with Crippen molar-refractivity contribution in [2.45, 2.75) is 6.61 Å². The summed E-state index contributed by atoms with van der Waals surface area (Å²) >= 11 is 0. The molecule has 0 amide bonds. The zero-order chi connectivity index (χ0) is 43.3. The predicted molar refractivity (Wildman–Crippen MR) is 270 cm³/mol. The first-order chi connectivity index (χ1) is 32.7. The lowest BCUT2D eigenvalue weighted by Crippen LogP contribution is -2.12. The molecule has 0 unspecified atom stereocenters. The highest BCUT2D eigenvalue weighted by Crippen LogP contribution is 2.50. The van der Waals surface area contributed by atoms with E-state index in [2.05, 4.69) is 215 Å². The quantitative estimate of drug-likeness (QED) is 0.173. The maximum Gasteiger partial charge on any atom is 0.238 e. The number of fused-ring (bicyclic) bond motifs is 12. The van der Waals surface area contributed by atoms with E-state index in [1.165, 1.54) is 37.9 Å². The normalized spacial score (nSPS) is 12.3. The SMILES string of the molecule is c1ccc(-c2ccc(-c3nc(-c4c(-n5c6ccccc6c6cc7ccccc7cc65)ccc5c4OCc4ccc6ccccc6c4-5)nc(-n4c5ccccc5c5ccccc54)n3)cc2)cc1. The zero-order valence-corrected chi connectivity index (χ0v) is 35.6. The van der Waals surface area contributed by atoms with Gasteiger partial charge in [0, 0.05) is 32.7 Å². The third kappa shape index (κ3) is 5.52. The molecule has 0 radical (unpaired) electrons. The predicted octanol–water partition coefficient (Wildman–Crippen LogP) is 14.9. The number of benzene rings is 10. The minimum atomic E-state index is 0.403. The molecule has 13 aromatic rings. The van der Waals surface area contributed by atoms with Gasteiger partial charge in [-0.05, 0) is 86.3 Å². The fourth-order valence-corrected chi connectivity index (χ4v) is 10.4. The Hall–Kier alpha value is -8.87. The monoisotopic (exact) mass is 843 g/mol. The Balaban J connectivity index is 1.11. The van der Waals surface area contributed by atoms with Crippen LogP contribution in [-0.2, 0) is 6.61 Å². The van der Waals surface area contributed by atoms with Gasteiger partial charge in [-0.1, -0.05) is 170 Å². The van der Waals surface area contributed by atoms with Gasteiger partial charge in [0.05, 0.1) is 33.3 Å².